The quantitative estimate of drug-likeness (QED) is 0.802. The van der Waals surface area contributed by atoms with Crippen molar-refractivity contribution in [1.29, 1.82) is 0 Å². The number of rotatable bonds is 3. The summed E-state index contributed by atoms with van der Waals surface area (Å²) in [5.74, 6) is 1.78. The average Bonchev–Trinajstić information content (AvgIpc) is 3.07. The Bertz CT molecular complexity index is 632. The van der Waals surface area contributed by atoms with Crippen LogP contribution in [0, 0.1) is 5.92 Å². The highest BCUT2D eigenvalue weighted by Crippen LogP contribution is 2.30. The minimum Gasteiger partial charge on any atom is -0.493 e. The first-order valence-electron chi connectivity index (χ1n) is 8.63. The predicted octanol–water partition coefficient (Wildman–Crippen LogP) is 2.19. The summed E-state index contributed by atoms with van der Waals surface area (Å²) in [4.78, 5) is 17.0. The maximum Gasteiger partial charge on any atom is 0.246 e. The smallest absolute Gasteiger partial charge is 0.246 e. The summed E-state index contributed by atoms with van der Waals surface area (Å²) >= 11 is 0. The molecule has 4 heterocycles. The van der Waals surface area contributed by atoms with Gasteiger partial charge in [0.1, 0.15) is 5.75 Å². The molecule has 4 aliphatic heterocycles. The molecule has 1 atom stereocenters. The van der Waals surface area contributed by atoms with Crippen molar-refractivity contribution in [1.82, 2.24) is 9.80 Å². The lowest BCUT2D eigenvalue weighted by Gasteiger charge is -2.47. The van der Waals surface area contributed by atoms with E-state index in [4.69, 9.17) is 4.74 Å². The Morgan fingerprint density at radius 3 is 2.91 bits per heavy atom. The summed E-state index contributed by atoms with van der Waals surface area (Å²) in [6.07, 6.45) is 7.08. The Labute approximate surface area is 137 Å². The topological polar surface area (TPSA) is 32.8 Å². The Hall–Kier alpha value is -1.81. The molecule has 0 N–H and O–H groups in total. The van der Waals surface area contributed by atoms with Crippen LogP contribution in [-0.2, 0) is 11.2 Å². The van der Waals surface area contributed by atoms with Crippen molar-refractivity contribution in [2.75, 3.05) is 33.3 Å². The highest BCUT2D eigenvalue weighted by molar-refractivity contribution is 5.92. The van der Waals surface area contributed by atoms with Crippen LogP contribution in [0.1, 0.15) is 24.0 Å². The highest BCUT2D eigenvalue weighted by Gasteiger charge is 2.37. The molecule has 4 nitrogen and oxygen atoms in total. The molecule has 122 valence electrons. The lowest BCUT2D eigenvalue weighted by Crippen LogP contribution is -2.57. The van der Waals surface area contributed by atoms with Gasteiger partial charge in [-0.05, 0) is 61.2 Å². The number of carbonyl (C=O) groups is 1. The second-order valence-electron chi connectivity index (χ2n) is 6.95. The molecule has 1 amide bonds. The maximum atomic E-state index is 12.5. The van der Waals surface area contributed by atoms with Gasteiger partial charge in [-0.3, -0.25) is 4.79 Å². The Balaban J connectivity index is 1.43. The van der Waals surface area contributed by atoms with E-state index in [1.807, 2.05) is 30.2 Å². The van der Waals surface area contributed by atoms with Crippen molar-refractivity contribution in [3.63, 3.8) is 0 Å². The van der Waals surface area contributed by atoms with Crippen LogP contribution < -0.4 is 4.74 Å². The molecule has 4 aliphatic rings. The maximum absolute atomic E-state index is 12.5. The van der Waals surface area contributed by atoms with Crippen LogP contribution in [0.4, 0.5) is 0 Å². The molecule has 1 aromatic rings. The van der Waals surface area contributed by atoms with Gasteiger partial charge in [0.05, 0.1) is 6.61 Å². The zero-order chi connectivity index (χ0) is 15.8. The number of benzene rings is 1. The van der Waals surface area contributed by atoms with Gasteiger partial charge in [0.25, 0.3) is 0 Å². The summed E-state index contributed by atoms with van der Waals surface area (Å²) < 4.78 is 5.52. The Kier molecular flexibility index (Phi) is 3.85. The first-order chi connectivity index (χ1) is 11.2. The van der Waals surface area contributed by atoms with E-state index in [1.54, 1.807) is 6.08 Å². The summed E-state index contributed by atoms with van der Waals surface area (Å²) in [5, 5.41) is 0. The molecular formula is C19H24N2O2. The number of ether oxygens (including phenoxy) is 1. The van der Waals surface area contributed by atoms with Crippen molar-refractivity contribution in [3.8, 4) is 5.75 Å². The lowest BCUT2D eigenvalue weighted by atomic mass is 9.83. The molecule has 2 bridgehead atoms. The largest absolute Gasteiger partial charge is 0.493 e. The number of nitrogens with zero attached hydrogens (tertiary/aromatic N) is 2. The second kappa shape index (κ2) is 6.00. The Morgan fingerprint density at radius 1 is 1.35 bits per heavy atom. The minimum atomic E-state index is 0.112. The SMILES string of the molecule is CN(C(=O)C=Cc1ccc2c(c1)CCO2)C1CN2CCC1CC2. The fraction of sp³-hybridized carbons (Fsp3) is 0.526. The molecule has 3 fully saturated rings. The van der Waals surface area contributed by atoms with E-state index in [-0.39, 0.29) is 5.91 Å². The van der Waals surface area contributed by atoms with Gasteiger partial charge < -0.3 is 14.5 Å². The summed E-state index contributed by atoms with van der Waals surface area (Å²) in [7, 11) is 1.95. The molecule has 1 unspecified atom stereocenters. The van der Waals surface area contributed by atoms with E-state index < -0.39 is 0 Å². The molecule has 1 aromatic carbocycles. The van der Waals surface area contributed by atoms with Gasteiger partial charge in [0.2, 0.25) is 5.91 Å². The summed E-state index contributed by atoms with van der Waals surface area (Å²) in [5.41, 5.74) is 2.32. The van der Waals surface area contributed by atoms with Crippen LogP contribution in [0.2, 0.25) is 0 Å². The number of fused-ring (bicyclic) bond motifs is 4. The van der Waals surface area contributed by atoms with Crippen LogP contribution in [0.15, 0.2) is 24.3 Å². The van der Waals surface area contributed by atoms with Crippen LogP contribution in [0.5, 0.6) is 5.75 Å². The number of carbonyl (C=O) groups excluding carboxylic acids is 1. The molecule has 23 heavy (non-hydrogen) atoms. The third-order valence-electron chi connectivity index (χ3n) is 5.60. The normalized spacial score (nSPS) is 28.7. The molecule has 5 rings (SSSR count). The average molecular weight is 312 g/mol. The van der Waals surface area contributed by atoms with Gasteiger partial charge in [0.15, 0.2) is 0 Å². The van der Waals surface area contributed by atoms with Crippen LogP contribution in [-0.4, -0.2) is 55.0 Å². The lowest BCUT2D eigenvalue weighted by molar-refractivity contribution is -0.130. The second-order valence-corrected chi connectivity index (χ2v) is 6.95. The van der Waals surface area contributed by atoms with Gasteiger partial charge in [-0.15, -0.1) is 0 Å². The number of piperidine rings is 3. The molecule has 4 heteroatoms. The first-order valence-corrected chi connectivity index (χ1v) is 8.63. The van der Waals surface area contributed by atoms with Crippen LogP contribution in [0.25, 0.3) is 6.08 Å². The third-order valence-corrected chi connectivity index (χ3v) is 5.60. The van der Waals surface area contributed by atoms with Gasteiger partial charge in [-0.25, -0.2) is 0 Å². The highest BCUT2D eigenvalue weighted by atomic mass is 16.5. The molecular weight excluding hydrogens is 288 g/mol. The molecule has 0 radical (unpaired) electrons. The summed E-state index contributed by atoms with van der Waals surface area (Å²) in [6, 6.07) is 6.52. The van der Waals surface area contributed by atoms with E-state index in [9.17, 15) is 4.79 Å². The zero-order valence-electron chi connectivity index (χ0n) is 13.7. The number of hydrogen-bond acceptors (Lipinski definition) is 3. The van der Waals surface area contributed by atoms with E-state index in [1.165, 1.54) is 31.5 Å². The number of hydrogen-bond donors (Lipinski definition) is 0. The van der Waals surface area contributed by atoms with Crippen molar-refractivity contribution in [2.45, 2.75) is 25.3 Å². The number of likely N-dealkylation sites (N-methyl/N-ethyl adjacent to an activating group) is 1. The fourth-order valence-electron chi connectivity index (χ4n) is 4.13. The number of amides is 1. The minimum absolute atomic E-state index is 0.112. The van der Waals surface area contributed by atoms with Crippen molar-refractivity contribution in [2.24, 2.45) is 5.92 Å². The monoisotopic (exact) mass is 312 g/mol. The third kappa shape index (κ3) is 2.88. The van der Waals surface area contributed by atoms with Crippen LogP contribution >= 0.6 is 0 Å². The van der Waals surface area contributed by atoms with Crippen LogP contribution in [0.3, 0.4) is 0 Å². The molecule has 3 saturated heterocycles. The molecule has 0 aliphatic carbocycles. The summed E-state index contributed by atoms with van der Waals surface area (Å²) in [6.45, 7) is 4.22. The van der Waals surface area contributed by atoms with Crippen molar-refractivity contribution < 1.29 is 9.53 Å². The first kappa shape index (κ1) is 14.8. The molecule has 0 saturated carbocycles. The van der Waals surface area contributed by atoms with Gasteiger partial charge in [-0.1, -0.05) is 6.07 Å². The van der Waals surface area contributed by atoms with Gasteiger partial charge >= 0.3 is 0 Å². The van der Waals surface area contributed by atoms with E-state index >= 15 is 0 Å². The Morgan fingerprint density at radius 2 is 2.17 bits per heavy atom. The van der Waals surface area contributed by atoms with Crippen molar-refractivity contribution in [3.05, 3.63) is 35.4 Å². The van der Waals surface area contributed by atoms with E-state index in [0.717, 1.165) is 30.9 Å². The van der Waals surface area contributed by atoms with E-state index in [0.29, 0.717) is 12.0 Å². The van der Waals surface area contributed by atoms with E-state index in [2.05, 4.69) is 11.0 Å². The predicted molar refractivity (Wildman–Crippen MR) is 90.4 cm³/mol. The van der Waals surface area contributed by atoms with Crippen molar-refractivity contribution >= 4 is 12.0 Å². The standard InChI is InChI=1S/C19H24N2O2/c1-20(17-13-21-9-6-15(17)7-10-21)19(22)5-3-14-2-4-18-16(12-14)8-11-23-18/h2-5,12,15,17H,6-11,13H2,1H3. The zero-order valence-corrected chi connectivity index (χ0v) is 13.7. The van der Waals surface area contributed by atoms with Gasteiger partial charge in [0, 0.05) is 32.1 Å². The fourth-order valence-corrected chi connectivity index (χ4v) is 4.13. The molecule has 0 spiro atoms. The van der Waals surface area contributed by atoms with Gasteiger partial charge in [-0.2, -0.15) is 0 Å². The molecule has 0 aromatic heterocycles.